The van der Waals surface area contributed by atoms with Gasteiger partial charge in [0.15, 0.2) is 11.6 Å². The van der Waals surface area contributed by atoms with Crippen LogP contribution in [0.4, 0.5) is 96.6 Å². The van der Waals surface area contributed by atoms with Gasteiger partial charge in [-0.15, -0.1) is 22.7 Å². The van der Waals surface area contributed by atoms with E-state index in [2.05, 4.69) is 0 Å². The maximum Gasteiger partial charge on any atom is 0.462 e. The van der Waals surface area contributed by atoms with Gasteiger partial charge in [-0.05, 0) is 22.9 Å². The van der Waals surface area contributed by atoms with Crippen molar-refractivity contribution in [3.63, 3.8) is 0 Å². The molecule has 6 nitrogen and oxygen atoms in total. The van der Waals surface area contributed by atoms with Gasteiger partial charge in [-0.25, -0.2) is 0 Å². The molecule has 2 atom stereocenters. The molecule has 2 rings (SSSR count). The molecule has 0 saturated carbocycles. The van der Waals surface area contributed by atoms with Crippen molar-refractivity contribution in [1.29, 1.82) is 0 Å². The monoisotopic (exact) mass is 876 g/mol. The Kier molecular flexibility index (Phi) is 13.9. The SMILES string of the molecule is O=C(CC(=O)C(F)(OC(F)(F)C(F)(F)C(F)(F)F)C(F)(F)F)C(F)(OC(F)(F)C(F)(F)C(F)(F)F)C(F)(F)F.O=C(CC(=O)c1cccs1)c1cccs1. The summed E-state index contributed by atoms with van der Waals surface area (Å²) >= 11 is 2.74. The third-order valence-corrected chi connectivity index (χ3v) is 7.48. The van der Waals surface area contributed by atoms with Crippen LogP contribution < -0.4 is 0 Å². The van der Waals surface area contributed by atoms with E-state index in [0.717, 1.165) is 0 Å². The molecule has 0 bridgehead atoms. The summed E-state index contributed by atoms with van der Waals surface area (Å²) in [4.78, 5) is 47.0. The van der Waals surface area contributed by atoms with E-state index in [1.165, 1.54) is 32.1 Å². The predicted molar refractivity (Wildman–Crippen MR) is 130 cm³/mol. The van der Waals surface area contributed by atoms with Crippen molar-refractivity contribution in [2.45, 2.75) is 73.3 Å². The lowest BCUT2D eigenvalue weighted by atomic mass is 10.0. The Bertz CT molecular complexity index is 1510. The lowest BCUT2D eigenvalue weighted by molar-refractivity contribution is -0.474. The van der Waals surface area contributed by atoms with Crippen LogP contribution in [0.25, 0.3) is 0 Å². The fourth-order valence-electron chi connectivity index (χ4n) is 2.92. The lowest BCUT2D eigenvalue weighted by Crippen LogP contribution is -2.63. The van der Waals surface area contributed by atoms with Crippen LogP contribution in [-0.4, -0.2) is 83.6 Å². The van der Waals surface area contributed by atoms with Crippen LogP contribution in [0, 0.1) is 0 Å². The van der Waals surface area contributed by atoms with E-state index >= 15 is 0 Å². The molecule has 0 aromatic carbocycles. The van der Waals surface area contributed by atoms with Gasteiger partial charge in [0.2, 0.25) is 11.6 Å². The molecule has 0 saturated heterocycles. The molecule has 30 heteroatoms. The first-order valence-electron chi connectivity index (χ1n) is 12.5. The fourth-order valence-corrected chi connectivity index (χ4v) is 4.25. The number of halogens is 22. The van der Waals surface area contributed by atoms with Crippen LogP contribution in [0.5, 0.6) is 0 Å². The van der Waals surface area contributed by atoms with Gasteiger partial charge in [-0.3, -0.25) is 28.7 Å². The van der Waals surface area contributed by atoms with Crippen LogP contribution in [0.2, 0.25) is 0 Å². The number of Topliss-reactive ketones (excluding diaryl/α,β-unsaturated/α-hetero) is 4. The molecule has 0 amide bonds. The zero-order valence-electron chi connectivity index (χ0n) is 24.5. The van der Waals surface area contributed by atoms with Crippen LogP contribution in [0.1, 0.15) is 32.2 Å². The number of alkyl halides is 22. The summed E-state index contributed by atoms with van der Waals surface area (Å²) < 4.78 is 282. The number of carbonyl (C=O) groups excluding carboxylic acids is 4. The van der Waals surface area contributed by atoms with Gasteiger partial charge < -0.3 is 0 Å². The number of carbonyl (C=O) groups is 4. The number of rotatable bonds is 14. The zero-order chi connectivity index (χ0) is 42.9. The maximum absolute atomic E-state index is 13.9. The molecule has 0 N–H and O–H groups in total. The molecule has 2 aromatic rings. The quantitative estimate of drug-likeness (QED) is 0.107. The molecule has 0 aliphatic rings. The topological polar surface area (TPSA) is 86.7 Å². The molecule has 2 aromatic heterocycles. The highest BCUT2D eigenvalue weighted by molar-refractivity contribution is 7.12. The molecule has 0 radical (unpaired) electrons. The minimum atomic E-state index is -7.88. The van der Waals surface area contributed by atoms with Gasteiger partial charge >= 0.3 is 60.5 Å². The highest BCUT2D eigenvalue weighted by Crippen LogP contribution is 2.53. The van der Waals surface area contributed by atoms with Gasteiger partial charge in [0.1, 0.15) is 0 Å². The van der Waals surface area contributed by atoms with Gasteiger partial charge in [-0.2, -0.15) is 96.6 Å². The van der Waals surface area contributed by atoms with E-state index in [4.69, 9.17) is 0 Å². The Hall–Kier alpha value is -3.54. The van der Waals surface area contributed by atoms with E-state index < -0.39 is 78.5 Å². The van der Waals surface area contributed by atoms with Crippen molar-refractivity contribution in [3.05, 3.63) is 44.8 Å². The first-order chi connectivity index (χ1) is 23.7. The molecular formula is C24H10F22O6S2. The van der Waals surface area contributed by atoms with Crippen molar-refractivity contribution in [2.24, 2.45) is 0 Å². The first kappa shape index (κ1) is 48.5. The second-order valence-electron chi connectivity index (χ2n) is 9.57. The van der Waals surface area contributed by atoms with Crippen LogP contribution in [0.15, 0.2) is 35.0 Å². The third kappa shape index (κ3) is 10.0. The summed E-state index contributed by atoms with van der Waals surface area (Å²) in [5, 5.41) is 3.67. The van der Waals surface area contributed by atoms with E-state index in [0.29, 0.717) is 9.75 Å². The fraction of sp³-hybridized carbons (Fsp3) is 0.500. The normalized spacial score (nSPS) is 16.1. The Balaban J connectivity index is 0.000000795. The van der Waals surface area contributed by atoms with Crippen molar-refractivity contribution < 1.29 is 125 Å². The van der Waals surface area contributed by atoms with Crippen molar-refractivity contribution in [3.8, 4) is 0 Å². The van der Waals surface area contributed by atoms with Crippen LogP contribution >= 0.6 is 22.7 Å². The van der Waals surface area contributed by atoms with E-state index in [-0.39, 0.29) is 18.0 Å². The number of hydrogen-bond donors (Lipinski definition) is 0. The predicted octanol–water partition coefficient (Wildman–Crippen LogP) is 9.85. The van der Waals surface area contributed by atoms with Crippen molar-refractivity contribution in [1.82, 2.24) is 0 Å². The summed E-state index contributed by atoms with van der Waals surface area (Å²) in [6.07, 6.45) is -50.6. The van der Waals surface area contributed by atoms with E-state index in [9.17, 15) is 116 Å². The highest BCUT2D eigenvalue weighted by Gasteiger charge is 2.81. The smallest absolute Gasteiger partial charge is 0.293 e. The summed E-state index contributed by atoms with van der Waals surface area (Å²) in [5.74, 6) is -40.0. The van der Waals surface area contributed by atoms with Crippen LogP contribution in [0.3, 0.4) is 0 Å². The number of ether oxygens (including phenoxy) is 2. The van der Waals surface area contributed by atoms with Crippen LogP contribution in [-0.2, 0) is 19.1 Å². The molecule has 54 heavy (non-hydrogen) atoms. The minimum absolute atomic E-state index is 0.0268. The molecular weight excluding hydrogens is 866 g/mol. The Morgan fingerprint density at radius 2 is 0.722 bits per heavy atom. The zero-order valence-corrected chi connectivity index (χ0v) is 26.1. The maximum atomic E-state index is 13.9. The van der Waals surface area contributed by atoms with E-state index in [1.807, 2.05) is 22.9 Å². The summed E-state index contributed by atoms with van der Waals surface area (Å²) in [6.45, 7) is 0. The van der Waals surface area contributed by atoms with Crippen molar-refractivity contribution in [2.75, 3.05) is 0 Å². The number of thiophene rings is 2. The second-order valence-corrected chi connectivity index (χ2v) is 11.5. The Morgan fingerprint density at radius 1 is 0.444 bits per heavy atom. The second kappa shape index (κ2) is 15.5. The molecule has 0 aliphatic carbocycles. The van der Waals surface area contributed by atoms with Crippen molar-refractivity contribution >= 4 is 45.8 Å². The molecule has 2 heterocycles. The standard InChI is InChI=1S/C13H2F22O4.C11H8O2S2/c14-4(8(20,21)22,38-12(32,33)6(16,17)10(26,27)28)2(36)1-3(37)5(15,9(23,24)25)39-13(34,35)7(18,19)11(29,30)31;12-8(10-3-1-5-14-10)7-9(13)11-4-2-6-15-11/h1H2;1-6H,7H2. The highest BCUT2D eigenvalue weighted by atomic mass is 32.1. The number of ketones is 4. The summed E-state index contributed by atoms with van der Waals surface area (Å²) in [5.41, 5.74) is 0. The molecule has 2 unspecified atom stereocenters. The first-order valence-corrected chi connectivity index (χ1v) is 14.3. The summed E-state index contributed by atoms with van der Waals surface area (Å²) in [6, 6.07) is 7.12. The molecule has 308 valence electrons. The molecule has 0 fully saturated rings. The Morgan fingerprint density at radius 3 is 0.926 bits per heavy atom. The van der Waals surface area contributed by atoms with Gasteiger partial charge in [-0.1, -0.05) is 12.1 Å². The third-order valence-electron chi connectivity index (χ3n) is 5.66. The van der Waals surface area contributed by atoms with Gasteiger partial charge in [0, 0.05) is 0 Å². The summed E-state index contributed by atoms with van der Waals surface area (Å²) in [7, 11) is 0. The average molecular weight is 876 g/mol. The largest absolute Gasteiger partial charge is 0.462 e. The number of hydrogen-bond acceptors (Lipinski definition) is 8. The van der Waals surface area contributed by atoms with Gasteiger partial charge in [0.05, 0.1) is 22.6 Å². The Labute approximate surface area is 289 Å². The lowest BCUT2D eigenvalue weighted by Gasteiger charge is -2.35. The minimum Gasteiger partial charge on any atom is -0.293 e. The molecule has 0 spiro atoms. The molecule has 0 aliphatic heterocycles. The van der Waals surface area contributed by atoms with E-state index in [1.54, 1.807) is 12.1 Å². The average Bonchev–Trinajstić information content (AvgIpc) is 3.70. The van der Waals surface area contributed by atoms with Gasteiger partial charge in [0.25, 0.3) is 0 Å².